The maximum absolute atomic E-state index is 5.27. The molecule has 0 atom stereocenters. The van der Waals surface area contributed by atoms with Gasteiger partial charge in [0.05, 0.1) is 39.5 Å². The quantitative estimate of drug-likeness (QED) is 0.115. The summed E-state index contributed by atoms with van der Waals surface area (Å²) in [5.41, 5.74) is 26.0. The molecule has 5 nitrogen and oxygen atoms in total. The van der Waals surface area contributed by atoms with Crippen LogP contribution in [0, 0.1) is 0 Å². The van der Waals surface area contributed by atoms with Crippen molar-refractivity contribution in [1.82, 2.24) is 24.5 Å². The maximum Gasteiger partial charge on any atom is 0.160 e. The Labute approximate surface area is 529 Å². The second kappa shape index (κ2) is 23.8. The van der Waals surface area contributed by atoms with Crippen LogP contribution in [0.3, 0.4) is 0 Å². The van der Waals surface area contributed by atoms with Crippen molar-refractivity contribution in [3.05, 3.63) is 346 Å². The number of rotatable bonds is 13. The zero-order chi connectivity index (χ0) is 60.5. The van der Waals surface area contributed by atoms with Gasteiger partial charge in [-0.15, -0.1) is 0 Å². The van der Waals surface area contributed by atoms with Gasteiger partial charge in [-0.3, -0.25) is 0 Å². The molecule has 0 unspecified atom stereocenters. The molecule has 13 aromatic carbocycles. The molecule has 0 fully saturated rings. The number of fused-ring (bicyclic) bond motifs is 3. The number of hydrogen-bond acceptors (Lipinski definition) is 4. The molecule has 0 spiro atoms. The van der Waals surface area contributed by atoms with Gasteiger partial charge in [-0.1, -0.05) is 303 Å². The van der Waals surface area contributed by atoms with Gasteiger partial charge in [-0.2, -0.15) is 0 Å². The summed E-state index contributed by atoms with van der Waals surface area (Å²) in [6, 6.07) is 123. The highest BCUT2D eigenvalue weighted by Crippen LogP contribution is 2.51. The summed E-state index contributed by atoms with van der Waals surface area (Å²) in [5.74, 6) is 1.35. The average Bonchev–Trinajstić information content (AvgIpc) is 1.64. The lowest BCUT2D eigenvalue weighted by molar-refractivity contribution is 1.18. The van der Waals surface area contributed by atoms with Gasteiger partial charge in [-0.25, -0.2) is 19.9 Å². The van der Waals surface area contributed by atoms with E-state index in [1.54, 1.807) is 0 Å². The maximum atomic E-state index is 5.27. The minimum absolute atomic E-state index is 0.676. The van der Waals surface area contributed by atoms with Gasteiger partial charge < -0.3 is 4.57 Å². The summed E-state index contributed by atoms with van der Waals surface area (Å²) < 4.78 is 2.56. The molecule has 0 N–H and O–H groups in total. The molecule has 0 amide bonds. The molecule has 0 saturated carbocycles. The van der Waals surface area contributed by atoms with Crippen LogP contribution in [0.1, 0.15) is 0 Å². The second-order valence-corrected chi connectivity index (χ2v) is 22.9. The van der Waals surface area contributed by atoms with E-state index in [1.165, 1.54) is 11.1 Å². The SMILES string of the molecule is c1ccc(-c2ccc3c(c2)c2cc(-c4ccccc4)ccc2n3-c2c(-c3ccccc3)c(-c3ccc(-c4cc(-c5ccccc5)nc(-c5ccccc5)n4)cc3)cc(-c3ccc(-c4cc(-c5ccccc5)nc(-c5ccccc5)n4)cc3)c2-c2ccccc2)cc1. The van der Waals surface area contributed by atoms with Crippen LogP contribution in [-0.4, -0.2) is 24.5 Å². The van der Waals surface area contributed by atoms with Crippen LogP contribution in [0.5, 0.6) is 0 Å². The van der Waals surface area contributed by atoms with E-state index < -0.39 is 0 Å². The molecular formula is C86H57N5. The highest BCUT2D eigenvalue weighted by atomic mass is 15.0. The highest BCUT2D eigenvalue weighted by Gasteiger charge is 2.28. The fraction of sp³-hybridized carbons (Fsp3) is 0. The van der Waals surface area contributed by atoms with Gasteiger partial charge in [0.25, 0.3) is 0 Å². The Bertz CT molecular complexity index is 4810. The van der Waals surface area contributed by atoms with Crippen LogP contribution >= 0.6 is 0 Å². The molecule has 3 heterocycles. The monoisotopic (exact) mass is 1160 g/mol. The van der Waals surface area contributed by atoms with Crippen LogP contribution in [0.4, 0.5) is 0 Å². The molecule has 0 aliphatic rings. The van der Waals surface area contributed by atoms with Gasteiger partial charge in [0.1, 0.15) is 0 Å². The topological polar surface area (TPSA) is 56.5 Å². The number of benzene rings is 13. The van der Waals surface area contributed by atoms with E-state index in [-0.39, 0.29) is 0 Å². The fourth-order valence-corrected chi connectivity index (χ4v) is 12.8. The Morgan fingerprint density at radius 3 is 0.758 bits per heavy atom. The molecule has 0 aliphatic carbocycles. The smallest absolute Gasteiger partial charge is 0.160 e. The van der Waals surface area contributed by atoms with Crippen molar-refractivity contribution >= 4 is 21.8 Å². The van der Waals surface area contributed by atoms with Gasteiger partial charge >= 0.3 is 0 Å². The van der Waals surface area contributed by atoms with Crippen LogP contribution in [0.2, 0.25) is 0 Å². The molecular weight excluding hydrogens is 1100 g/mol. The Hall–Kier alpha value is -12.2. The normalized spacial score (nSPS) is 11.3. The lowest BCUT2D eigenvalue weighted by atomic mass is 9.83. The average molecular weight is 1160 g/mol. The van der Waals surface area contributed by atoms with E-state index in [1.807, 2.05) is 48.5 Å². The van der Waals surface area contributed by atoms with Crippen molar-refractivity contribution in [1.29, 1.82) is 0 Å². The van der Waals surface area contributed by atoms with E-state index in [0.29, 0.717) is 11.6 Å². The van der Waals surface area contributed by atoms with Crippen molar-refractivity contribution in [2.75, 3.05) is 0 Å². The lowest BCUT2D eigenvalue weighted by Gasteiger charge is -2.26. The summed E-state index contributed by atoms with van der Waals surface area (Å²) in [6.45, 7) is 0. The first kappa shape index (κ1) is 54.2. The zero-order valence-corrected chi connectivity index (χ0v) is 49.6. The van der Waals surface area contributed by atoms with E-state index >= 15 is 0 Å². The van der Waals surface area contributed by atoms with Gasteiger partial charge in [0.15, 0.2) is 11.6 Å². The molecule has 0 aliphatic heterocycles. The standard InChI is InChI=1S/C86H57N5/c1-9-25-58(26-10-1)70-49-51-80-74(53-70)75-54-71(59-27-11-2-12-28-59)50-52-81(75)91(80)84-82(66-33-17-5-18-34-66)72(60-41-45-64(46-42-60)78-56-76(62-29-13-3-14-30-62)87-85(89-78)68-37-21-7-22-38-68)55-73(83(84)67-35-19-6-20-36-67)61-43-47-65(48-44-61)79-57-77(63-31-15-4-16-32-63)88-86(90-79)69-39-23-8-24-40-69/h1-57H. The molecule has 0 saturated heterocycles. The summed E-state index contributed by atoms with van der Waals surface area (Å²) >= 11 is 0. The van der Waals surface area contributed by atoms with Crippen molar-refractivity contribution in [2.24, 2.45) is 0 Å². The van der Waals surface area contributed by atoms with E-state index in [9.17, 15) is 0 Å². The summed E-state index contributed by atoms with van der Waals surface area (Å²) in [4.78, 5) is 20.8. The van der Waals surface area contributed by atoms with Gasteiger partial charge in [0.2, 0.25) is 0 Å². The summed E-state index contributed by atoms with van der Waals surface area (Å²) in [6.07, 6.45) is 0. The summed E-state index contributed by atoms with van der Waals surface area (Å²) in [5, 5.41) is 2.33. The predicted octanol–water partition coefficient (Wildman–Crippen LogP) is 22.4. The highest BCUT2D eigenvalue weighted by molar-refractivity contribution is 6.14. The lowest BCUT2D eigenvalue weighted by Crippen LogP contribution is -2.05. The predicted molar refractivity (Wildman–Crippen MR) is 377 cm³/mol. The zero-order valence-electron chi connectivity index (χ0n) is 49.6. The van der Waals surface area contributed by atoms with Crippen molar-refractivity contribution in [3.8, 4) is 140 Å². The Morgan fingerprint density at radius 1 is 0.187 bits per heavy atom. The summed E-state index contributed by atoms with van der Waals surface area (Å²) in [7, 11) is 0. The van der Waals surface area contributed by atoms with Gasteiger partial charge in [0, 0.05) is 55.3 Å². The fourth-order valence-electron chi connectivity index (χ4n) is 12.8. The second-order valence-electron chi connectivity index (χ2n) is 22.9. The van der Waals surface area contributed by atoms with Crippen LogP contribution in [0.25, 0.3) is 162 Å². The Balaban J connectivity index is 0.971. The van der Waals surface area contributed by atoms with Crippen molar-refractivity contribution < 1.29 is 0 Å². The first-order valence-electron chi connectivity index (χ1n) is 30.8. The molecule has 16 aromatic rings. The molecule has 0 bridgehead atoms. The minimum Gasteiger partial charge on any atom is -0.308 e. The largest absolute Gasteiger partial charge is 0.308 e. The minimum atomic E-state index is 0.676. The Kier molecular flexibility index (Phi) is 14.2. The van der Waals surface area contributed by atoms with Gasteiger partial charge in [-0.05, 0) is 98.1 Å². The van der Waals surface area contributed by atoms with E-state index in [2.05, 4.69) is 302 Å². The van der Waals surface area contributed by atoms with E-state index in [0.717, 1.165) is 139 Å². The third-order valence-corrected chi connectivity index (χ3v) is 17.3. The first-order chi connectivity index (χ1) is 45.1. The van der Waals surface area contributed by atoms with Crippen molar-refractivity contribution in [2.45, 2.75) is 0 Å². The molecule has 0 radical (unpaired) electrons. The first-order valence-corrected chi connectivity index (χ1v) is 30.8. The number of nitrogens with zero attached hydrogens (tertiary/aromatic N) is 5. The molecule has 3 aromatic heterocycles. The van der Waals surface area contributed by atoms with Crippen LogP contribution < -0.4 is 0 Å². The molecule has 16 rings (SSSR count). The number of aromatic nitrogens is 5. The Morgan fingerprint density at radius 2 is 0.440 bits per heavy atom. The third kappa shape index (κ3) is 10.6. The third-order valence-electron chi connectivity index (χ3n) is 17.3. The molecule has 5 heteroatoms. The molecule has 91 heavy (non-hydrogen) atoms. The number of hydrogen-bond donors (Lipinski definition) is 0. The van der Waals surface area contributed by atoms with Crippen molar-refractivity contribution in [3.63, 3.8) is 0 Å². The van der Waals surface area contributed by atoms with Crippen LogP contribution in [0.15, 0.2) is 346 Å². The van der Waals surface area contributed by atoms with Crippen LogP contribution in [-0.2, 0) is 0 Å². The molecule has 426 valence electrons. The van der Waals surface area contributed by atoms with E-state index in [4.69, 9.17) is 19.9 Å².